The van der Waals surface area contributed by atoms with E-state index < -0.39 is 11.7 Å². The standard InChI is InChI=1S/C14H19N3O2S/c1-14(2,3)19-13(18)16-7-6-15-10-4-5-11-12(8-10)20-9-17-11/h4-5,8-9,15H,6-7H2,1-3H3,(H,16,18). The van der Waals surface area contributed by atoms with Crippen LogP contribution in [-0.2, 0) is 4.74 Å². The van der Waals surface area contributed by atoms with Crippen molar-refractivity contribution in [3.05, 3.63) is 23.7 Å². The van der Waals surface area contributed by atoms with Crippen molar-refractivity contribution in [2.75, 3.05) is 18.4 Å². The Morgan fingerprint density at radius 2 is 2.15 bits per heavy atom. The second-order valence-corrected chi connectivity index (χ2v) is 6.28. The van der Waals surface area contributed by atoms with Gasteiger partial charge in [0.05, 0.1) is 15.7 Å². The lowest BCUT2D eigenvalue weighted by Crippen LogP contribution is -2.34. The van der Waals surface area contributed by atoms with Crippen LogP contribution in [-0.4, -0.2) is 29.8 Å². The second-order valence-electron chi connectivity index (χ2n) is 5.39. The molecule has 1 aromatic carbocycles. The van der Waals surface area contributed by atoms with Crippen LogP contribution in [0.25, 0.3) is 10.2 Å². The number of nitrogens with one attached hydrogen (secondary N) is 2. The summed E-state index contributed by atoms with van der Waals surface area (Å²) in [6.45, 7) is 6.68. The Morgan fingerprint density at radius 3 is 2.90 bits per heavy atom. The minimum atomic E-state index is -0.464. The highest BCUT2D eigenvalue weighted by atomic mass is 32.1. The molecule has 2 aromatic rings. The summed E-state index contributed by atoms with van der Waals surface area (Å²) in [6, 6.07) is 6.02. The van der Waals surface area contributed by atoms with E-state index in [0.29, 0.717) is 13.1 Å². The normalized spacial score (nSPS) is 11.3. The van der Waals surface area contributed by atoms with Gasteiger partial charge in [0, 0.05) is 18.8 Å². The van der Waals surface area contributed by atoms with Gasteiger partial charge in [-0.3, -0.25) is 0 Å². The van der Waals surface area contributed by atoms with Crippen molar-refractivity contribution >= 4 is 33.3 Å². The molecule has 0 unspecified atom stereocenters. The van der Waals surface area contributed by atoms with Crippen LogP contribution in [0.15, 0.2) is 23.7 Å². The van der Waals surface area contributed by atoms with Crippen molar-refractivity contribution in [1.82, 2.24) is 10.3 Å². The summed E-state index contributed by atoms with van der Waals surface area (Å²) in [5, 5.41) is 5.96. The number of hydrogen-bond donors (Lipinski definition) is 2. The second kappa shape index (κ2) is 6.09. The van der Waals surface area contributed by atoms with Gasteiger partial charge in [0.25, 0.3) is 0 Å². The molecule has 0 radical (unpaired) electrons. The van der Waals surface area contributed by atoms with Gasteiger partial charge in [0.2, 0.25) is 0 Å². The van der Waals surface area contributed by atoms with E-state index >= 15 is 0 Å². The summed E-state index contributed by atoms with van der Waals surface area (Å²) < 4.78 is 6.30. The number of hydrogen-bond acceptors (Lipinski definition) is 5. The number of carbonyl (C=O) groups excluding carboxylic acids is 1. The molecule has 1 heterocycles. The number of nitrogens with zero attached hydrogens (tertiary/aromatic N) is 1. The number of carbonyl (C=O) groups is 1. The average Bonchev–Trinajstić information content (AvgIpc) is 2.79. The largest absolute Gasteiger partial charge is 0.444 e. The number of rotatable bonds is 4. The number of thiazole rings is 1. The van der Waals surface area contributed by atoms with Crippen LogP contribution in [0.2, 0.25) is 0 Å². The summed E-state index contributed by atoms with van der Waals surface area (Å²) in [6.07, 6.45) is -0.391. The molecule has 108 valence electrons. The Bertz CT molecular complexity index is 589. The monoisotopic (exact) mass is 293 g/mol. The number of benzene rings is 1. The van der Waals surface area contributed by atoms with Crippen LogP contribution in [0.3, 0.4) is 0 Å². The fourth-order valence-corrected chi connectivity index (χ4v) is 2.37. The fourth-order valence-electron chi connectivity index (χ4n) is 1.65. The minimum absolute atomic E-state index is 0.391. The van der Waals surface area contributed by atoms with Crippen LogP contribution in [0, 0.1) is 0 Å². The number of ether oxygens (including phenoxy) is 1. The zero-order valence-corrected chi connectivity index (χ0v) is 12.7. The molecule has 1 amide bonds. The highest BCUT2D eigenvalue weighted by Crippen LogP contribution is 2.21. The molecule has 5 nitrogen and oxygen atoms in total. The number of anilines is 1. The van der Waals surface area contributed by atoms with E-state index in [-0.39, 0.29) is 0 Å². The highest BCUT2D eigenvalue weighted by molar-refractivity contribution is 7.16. The van der Waals surface area contributed by atoms with Gasteiger partial charge in [-0.25, -0.2) is 9.78 Å². The Balaban J connectivity index is 1.74. The zero-order valence-electron chi connectivity index (χ0n) is 11.9. The molecule has 0 aliphatic heterocycles. The van der Waals surface area contributed by atoms with Crippen LogP contribution in [0.4, 0.5) is 10.5 Å². The van der Waals surface area contributed by atoms with Gasteiger partial charge in [-0.15, -0.1) is 11.3 Å². The van der Waals surface area contributed by atoms with Gasteiger partial charge in [-0.1, -0.05) is 0 Å². The molecule has 0 saturated carbocycles. The molecule has 0 atom stereocenters. The number of alkyl carbamates (subject to hydrolysis) is 1. The Morgan fingerprint density at radius 1 is 1.35 bits per heavy atom. The Labute approximate surface area is 122 Å². The molecule has 0 aliphatic rings. The third-order valence-electron chi connectivity index (χ3n) is 2.45. The van der Waals surface area contributed by atoms with Crippen molar-refractivity contribution in [3.8, 4) is 0 Å². The minimum Gasteiger partial charge on any atom is -0.444 e. The molecule has 2 N–H and O–H groups in total. The molecule has 6 heteroatoms. The maximum absolute atomic E-state index is 11.4. The highest BCUT2D eigenvalue weighted by Gasteiger charge is 2.15. The maximum Gasteiger partial charge on any atom is 0.407 e. The predicted molar refractivity (Wildman–Crippen MR) is 82.3 cm³/mol. The van der Waals surface area contributed by atoms with Crippen LogP contribution in [0.1, 0.15) is 20.8 Å². The van der Waals surface area contributed by atoms with Gasteiger partial charge >= 0.3 is 6.09 Å². The molecular weight excluding hydrogens is 274 g/mol. The van der Waals surface area contributed by atoms with Crippen LogP contribution >= 0.6 is 11.3 Å². The SMILES string of the molecule is CC(C)(C)OC(=O)NCCNc1ccc2ncsc2c1. The van der Waals surface area contributed by atoms with Crippen molar-refractivity contribution in [1.29, 1.82) is 0 Å². The molecule has 0 aliphatic carbocycles. The van der Waals surface area contributed by atoms with Crippen molar-refractivity contribution in [2.45, 2.75) is 26.4 Å². The summed E-state index contributed by atoms with van der Waals surface area (Å²) in [5.74, 6) is 0. The number of amides is 1. The predicted octanol–water partition coefficient (Wildman–Crippen LogP) is 3.23. The summed E-state index contributed by atoms with van der Waals surface area (Å²) in [7, 11) is 0. The summed E-state index contributed by atoms with van der Waals surface area (Å²) >= 11 is 1.61. The van der Waals surface area contributed by atoms with Crippen molar-refractivity contribution in [3.63, 3.8) is 0 Å². The fraction of sp³-hybridized carbons (Fsp3) is 0.429. The summed E-state index contributed by atoms with van der Waals surface area (Å²) in [4.78, 5) is 15.7. The first kappa shape index (κ1) is 14.6. The first-order valence-electron chi connectivity index (χ1n) is 6.48. The van der Waals surface area contributed by atoms with E-state index in [1.54, 1.807) is 11.3 Å². The topological polar surface area (TPSA) is 63.2 Å². The quantitative estimate of drug-likeness (QED) is 0.850. The molecule has 20 heavy (non-hydrogen) atoms. The van der Waals surface area contributed by atoms with Gasteiger partial charge in [-0.05, 0) is 39.0 Å². The third-order valence-corrected chi connectivity index (χ3v) is 3.25. The lowest BCUT2D eigenvalue weighted by atomic mass is 10.2. The van der Waals surface area contributed by atoms with Crippen molar-refractivity contribution < 1.29 is 9.53 Å². The van der Waals surface area contributed by atoms with E-state index in [4.69, 9.17) is 4.74 Å². The van der Waals surface area contributed by atoms with Gasteiger partial charge in [-0.2, -0.15) is 0 Å². The average molecular weight is 293 g/mol. The van der Waals surface area contributed by atoms with Gasteiger partial charge < -0.3 is 15.4 Å². The molecule has 0 saturated heterocycles. The molecule has 0 spiro atoms. The Hall–Kier alpha value is -1.82. The van der Waals surface area contributed by atoms with E-state index in [1.807, 2.05) is 38.4 Å². The lowest BCUT2D eigenvalue weighted by Gasteiger charge is -2.19. The van der Waals surface area contributed by atoms with Crippen LogP contribution in [0.5, 0.6) is 0 Å². The van der Waals surface area contributed by atoms with Crippen LogP contribution < -0.4 is 10.6 Å². The smallest absolute Gasteiger partial charge is 0.407 e. The third kappa shape index (κ3) is 4.38. The van der Waals surface area contributed by atoms with Crippen molar-refractivity contribution in [2.24, 2.45) is 0 Å². The van der Waals surface area contributed by atoms with E-state index in [0.717, 1.165) is 15.9 Å². The molecule has 1 aromatic heterocycles. The zero-order chi connectivity index (χ0) is 14.6. The number of fused-ring (bicyclic) bond motifs is 1. The van der Waals surface area contributed by atoms with E-state index in [9.17, 15) is 4.79 Å². The first-order chi connectivity index (χ1) is 9.44. The molecular formula is C14H19N3O2S. The van der Waals surface area contributed by atoms with Gasteiger partial charge in [0.15, 0.2) is 0 Å². The first-order valence-corrected chi connectivity index (χ1v) is 7.36. The number of aromatic nitrogens is 1. The summed E-state index contributed by atoms with van der Waals surface area (Å²) in [5.41, 5.74) is 3.40. The lowest BCUT2D eigenvalue weighted by molar-refractivity contribution is 0.0530. The van der Waals surface area contributed by atoms with Gasteiger partial charge in [0.1, 0.15) is 5.60 Å². The molecule has 0 fully saturated rings. The van der Waals surface area contributed by atoms with E-state index in [2.05, 4.69) is 21.7 Å². The Kier molecular flexibility index (Phi) is 4.44. The molecule has 2 rings (SSSR count). The molecule has 0 bridgehead atoms. The van der Waals surface area contributed by atoms with E-state index in [1.165, 1.54) is 0 Å². The maximum atomic E-state index is 11.4.